The highest BCUT2D eigenvalue weighted by molar-refractivity contribution is 7.80. The number of hydrogen-bond acceptors (Lipinski definition) is 2. The molecule has 0 unspecified atom stereocenters. The number of rotatable bonds is 2. The van der Waals surface area contributed by atoms with Crippen molar-refractivity contribution in [3.05, 3.63) is 30.5 Å². The Morgan fingerprint density at radius 3 is 3.08 bits per heavy atom. The zero-order chi connectivity index (χ0) is 9.10. The first-order valence-electron chi connectivity index (χ1n) is 3.95. The zero-order valence-electron chi connectivity index (χ0n) is 6.90. The van der Waals surface area contributed by atoms with Crippen molar-refractivity contribution in [2.75, 3.05) is 0 Å². The van der Waals surface area contributed by atoms with Gasteiger partial charge in [-0.25, -0.2) is 0 Å². The molecule has 1 N–H and O–H groups in total. The van der Waals surface area contributed by atoms with Gasteiger partial charge in [-0.15, -0.1) is 0 Å². The van der Waals surface area contributed by atoms with E-state index >= 15 is 0 Å². The highest BCUT2D eigenvalue weighted by atomic mass is 32.1. The Kier molecular flexibility index (Phi) is 2.19. The minimum atomic E-state index is 0.924. The van der Waals surface area contributed by atoms with Crippen LogP contribution in [-0.4, -0.2) is 16.6 Å². The van der Waals surface area contributed by atoms with Crippen LogP contribution in [0.15, 0.2) is 35.5 Å². The molecule has 0 aliphatic heterocycles. The Balaban J connectivity index is 2.47. The van der Waals surface area contributed by atoms with Crippen molar-refractivity contribution in [2.24, 2.45) is 4.99 Å². The van der Waals surface area contributed by atoms with E-state index < -0.39 is 0 Å². The smallest absolute Gasteiger partial charge is 0.0637 e. The van der Waals surface area contributed by atoms with Gasteiger partial charge >= 0.3 is 0 Å². The first kappa shape index (κ1) is 8.13. The molecular weight excluding hydrogens is 180 g/mol. The number of aromatic nitrogens is 1. The van der Waals surface area contributed by atoms with E-state index in [0.29, 0.717) is 0 Å². The Hall–Kier alpha value is -1.48. The summed E-state index contributed by atoms with van der Waals surface area (Å²) in [5, 5.41) is 2.67. The summed E-state index contributed by atoms with van der Waals surface area (Å²) in [6, 6.07) is 7.99. The lowest BCUT2D eigenvalue weighted by Gasteiger charge is -1.92. The summed E-state index contributed by atoms with van der Waals surface area (Å²) in [4.78, 5) is 7.28. The highest BCUT2D eigenvalue weighted by Crippen LogP contribution is 2.19. The number of hydrogen-bond donors (Lipinski definition) is 1. The van der Waals surface area contributed by atoms with Crippen molar-refractivity contribution in [2.45, 2.75) is 0 Å². The molecule has 1 heterocycles. The molecule has 0 bridgehead atoms. The third-order valence-corrected chi connectivity index (χ3v) is 1.94. The van der Waals surface area contributed by atoms with E-state index in [2.05, 4.69) is 22.2 Å². The molecular formula is C10H8N2S. The van der Waals surface area contributed by atoms with Gasteiger partial charge < -0.3 is 4.98 Å². The van der Waals surface area contributed by atoms with E-state index in [0.717, 1.165) is 11.2 Å². The van der Waals surface area contributed by atoms with Crippen LogP contribution in [0.4, 0.5) is 5.69 Å². The maximum absolute atomic E-state index is 4.65. The van der Waals surface area contributed by atoms with Crippen LogP contribution in [0.1, 0.15) is 0 Å². The molecule has 0 atom stereocenters. The van der Waals surface area contributed by atoms with E-state index in [1.165, 1.54) is 10.8 Å². The molecule has 64 valence electrons. The molecule has 0 spiro atoms. The molecule has 0 fully saturated rings. The Labute approximate surface area is 81.3 Å². The summed E-state index contributed by atoms with van der Waals surface area (Å²) in [7, 11) is 0. The topological polar surface area (TPSA) is 28.1 Å². The number of thiocarbonyl (C=S) groups is 1. The van der Waals surface area contributed by atoms with Gasteiger partial charge in [0.2, 0.25) is 0 Å². The monoisotopic (exact) mass is 188 g/mol. The predicted octanol–water partition coefficient (Wildman–Crippen LogP) is 2.87. The Morgan fingerprint density at radius 2 is 2.23 bits per heavy atom. The van der Waals surface area contributed by atoms with Crippen LogP contribution in [-0.2, 0) is 0 Å². The molecule has 1 aromatic heterocycles. The third-order valence-electron chi connectivity index (χ3n) is 1.82. The minimum absolute atomic E-state index is 0.924. The van der Waals surface area contributed by atoms with Crippen LogP contribution in [0.3, 0.4) is 0 Å². The van der Waals surface area contributed by atoms with E-state index in [1.54, 1.807) is 6.21 Å². The van der Waals surface area contributed by atoms with Crippen LogP contribution < -0.4 is 0 Å². The largest absolute Gasteiger partial charge is 0.361 e. The Bertz CT molecular complexity index is 457. The fourth-order valence-electron chi connectivity index (χ4n) is 1.24. The molecule has 2 aromatic rings. The van der Waals surface area contributed by atoms with Crippen molar-refractivity contribution in [1.82, 2.24) is 4.98 Å². The summed E-state index contributed by atoms with van der Waals surface area (Å²) in [5.74, 6) is 0. The summed E-state index contributed by atoms with van der Waals surface area (Å²) in [6.07, 6.45) is 3.53. The minimum Gasteiger partial charge on any atom is -0.361 e. The Morgan fingerprint density at radius 1 is 1.31 bits per heavy atom. The van der Waals surface area contributed by atoms with Gasteiger partial charge in [0, 0.05) is 28.7 Å². The standard InChI is InChI=1S/C10H8N2S/c13-6-5-11-9-1-2-10-8(7-9)3-4-12-10/h1-7,12H. The second-order valence-corrected chi connectivity index (χ2v) is 2.94. The molecule has 13 heavy (non-hydrogen) atoms. The van der Waals surface area contributed by atoms with E-state index in [9.17, 15) is 0 Å². The zero-order valence-corrected chi connectivity index (χ0v) is 7.71. The molecule has 0 aliphatic carbocycles. The number of aromatic amines is 1. The molecule has 1 aromatic carbocycles. The summed E-state index contributed by atoms with van der Waals surface area (Å²) in [6.45, 7) is 0. The number of fused-ring (bicyclic) bond motifs is 1. The van der Waals surface area contributed by atoms with Gasteiger partial charge in [-0.3, -0.25) is 4.99 Å². The molecule has 0 aliphatic rings. The van der Waals surface area contributed by atoms with Crippen LogP contribution >= 0.6 is 12.2 Å². The summed E-state index contributed by atoms with van der Waals surface area (Å²) < 4.78 is 0. The van der Waals surface area contributed by atoms with Gasteiger partial charge in [0.05, 0.1) is 5.69 Å². The quantitative estimate of drug-likeness (QED) is 0.569. The molecule has 3 heteroatoms. The second-order valence-electron chi connectivity index (χ2n) is 2.66. The van der Waals surface area contributed by atoms with E-state index in [4.69, 9.17) is 0 Å². The second kappa shape index (κ2) is 3.49. The van der Waals surface area contributed by atoms with Gasteiger partial charge in [-0.05, 0) is 24.3 Å². The van der Waals surface area contributed by atoms with Crippen molar-refractivity contribution in [3.8, 4) is 0 Å². The first-order valence-corrected chi connectivity index (χ1v) is 4.42. The van der Waals surface area contributed by atoms with Crippen LogP contribution in [0.5, 0.6) is 0 Å². The molecule has 0 radical (unpaired) electrons. The fraction of sp³-hybridized carbons (Fsp3) is 0. The number of aliphatic imine (C=N–C) groups is 1. The van der Waals surface area contributed by atoms with Gasteiger partial charge in [0.15, 0.2) is 0 Å². The lowest BCUT2D eigenvalue weighted by molar-refractivity contribution is 1.47. The molecule has 0 saturated carbocycles. The van der Waals surface area contributed by atoms with Crippen molar-refractivity contribution >= 4 is 40.4 Å². The fourth-order valence-corrected chi connectivity index (χ4v) is 1.30. The van der Waals surface area contributed by atoms with Gasteiger partial charge in [-0.2, -0.15) is 0 Å². The van der Waals surface area contributed by atoms with E-state index in [1.807, 2.05) is 30.5 Å². The maximum atomic E-state index is 4.65. The van der Waals surface area contributed by atoms with Gasteiger partial charge in [0.25, 0.3) is 0 Å². The number of nitrogens with zero attached hydrogens (tertiary/aromatic N) is 1. The van der Waals surface area contributed by atoms with Gasteiger partial charge in [-0.1, -0.05) is 12.2 Å². The highest BCUT2D eigenvalue weighted by Gasteiger charge is 1.93. The number of benzene rings is 1. The van der Waals surface area contributed by atoms with Gasteiger partial charge in [0.1, 0.15) is 0 Å². The van der Waals surface area contributed by atoms with Crippen LogP contribution in [0, 0.1) is 0 Å². The van der Waals surface area contributed by atoms with Crippen molar-refractivity contribution < 1.29 is 0 Å². The van der Waals surface area contributed by atoms with Crippen LogP contribution in [0.25, 0.3) is 10.9 Å². The molecule has 2 nitrogen and oxygen atoms in total. The lowest BCUT2D eigenvalue weighted by Crippen LogP contribution is -1.70. The maximum Gasteiger partial charge on any atom is 0.0637 e. The summed E-state index contributed by atoms with van der Waals surface area (Å²) in [5.41, 5.74) is 2.05. The third kappa shape index (κ3) is 1.65. The SMILES string of the molecule is S=CC=Nc1ccc2[nH]ccc2c1. The van der Waals surface area contributed by atoms with Crippen molar-refractivity contribution in [3.63, 3.8) is 0 Å². The average Bonchev–Trinajstić information content (AvgIpc) is 2.61. The number of H-pyrrole nitrogens is 1. The first-order chi connectivity index (χ1) is 6.40. The molecule has 2 rings (SSSR count). The molecule has 0 amide bonds. The van der Waals surface area contributed by atoms with E-state index in [-0.39, 0.29) is 0 Å². The normalized spacial score (nSPS) is 11.1. The van der Waals surface area contributed by atoms with Crippen molar-refractivity contribution in [1.29, 1.82) is 0 Å². The number of nitrogens with one attached hydrogen (secondary N) is 1. The lowest BCUT2D eigenvalue weighted by atomic mass is 10.2. The summed E-state index contributed by atoms with van der Waals surface area (Å²) >= 11 is 4.65. The van der Waals surface area contributed by atoms with Crippen LogP contribution in [0.2, 0.25) is 0 Å². The predicted molar refractivity (Wildman–Crippen MR) is 60.1 cm³/mol. The molecule has 0 saturated heterocycles. The average molecular weight is 188 g/mol.